The quantitative estimate of drug-likeness (QED) is 0.816. The second kappa shape index (κ2) is 5.35. The Bertz CT molecular complexity index is 678. The van der Waals surface area contributed by atoms with Gasteiger partial charge in [0, 0.05) is 17.2 Å². The van der Waals surface area contributed by atoms with Gasteiger partial charge >= 0.3 is 0 Å². The van der Waals surface area contributed by atoms with Crippen LogP contribution in [0.5, 0.6) is 0 Å². The summed E-state index contributed by atoms with van der Waals surface area (Å²) in [6.45, 7) is 4.00. The van der Waals surface area contributed by atoms with Gasteiger partial charge in [-0.25, -0.2) is 8.42 Å². The number of nitrogens with zero attached hydrogens (tertiary/aromatic N) is 2. The smallest absolute Gasteiger partial charge is 0.264 e. The van der Waals surface area contributed by atoms with Crippen molar-refractivity contribution in [3.63, 3.8) is 0 Å². The lowest BCUT2D eigenvalue weighted by atomic mass is 10.1. The molecule has 102 valence electrons. The van der Waals surface area contributed by atoms with Gasteiger partial charge in [-0.1, -0.05) is 30.3 Å². The summed E-state index contributed by atoms with van der Waals surface area (Å²) < 4.78 is 24.6. The van der Waals surface area contributed by atoms with E-state index < -0.39 is 9.05 Å². The Morgan fingerprint density at radius 3 is 2.37 bits per heavy atom. The van der Waals surface area contributed by atoms with E-state index in [0.29, 0.717) is 17.9 Å². The average Bonchev–Trinajstić information content (AvgIpc) is 2.62. The van der Waals surface area contributed by atoms with Crippen LogP contribution in [-0.4, -0.2) is 18.2 Å². The molecule has 0 bridgehead atoms. The molecule has 1 aromatic heterocycles. The highest BCUT2D eigenvalue weighted by molar-refractivity contribution is 8.13. The molecule has 0 aliphatic carbocycles. The largest absolute Gasteiger partial charge is 0.268 e. The Labute approximate surface area is 117 Å². The molecule has 1 aromatic carbocycles. The Morgan fingerprint density at radius 2 is 1.84 bits per heavy atom. The monoisotopic (exact) mass is 298 g/mol. The molecule has 4 nitrogen and oxygen atoms in total. The molecule has 0 radical (unpaired) electrons. The summed E-state index contributed by atoms with van der Waals surface area (Å²) in [5.41, 5.74) is 2.22. The van der Waals surface area contributed by atoms with Crippen LogP contribution < -0.4 is 0 Å². The van der Waals surface area contributed by atoms with Crippen LogP contribution in [0.2, 0.25) is 0 Å². The van der Waals surface area contributed by atoms with Gasteiger partial charge in [-0.2, -0.15) is 5.10 Å². The topological polar surface area (TPSA) is 52.0 Å². The molecule has 0 spiro atoms. The van der Waals surface area contributed by atoms with Crippen molar-refractivity contribution in [2.24, 2.45) is 0 Å². The molecule has 0 amide bonds. The molecular formula is C13H15ClN2O2S. The zero-order valence-electron chi connectivity index (χ0n) is 10.8. The van der Waals surface area contributed by atoms with Crippen LogP contribution in [0.15, 0.2) is 35.2 Å². The summed E-state index contributed by atoms with van der Waals surface area (Å²) in [7, 11) is 1.68. The summed E-state index contributed by atoms with van der Waals surface area (Å²) in [4.78, 5) is 0.127. The molecule has 2 aromatic rings. The predicted molar refractivity (Wildman–Crippen MR) is 74.9 cm³/mol. The Balaban J connectivity index is 2.24. The lowest BCUT2D eigenvalue weighted by Crippen LogP contribution is -2.06. The third-order valence-corrected chi connectivity index (χ3v) is 4.56. The molecule has 0 saturated heterocycles. The zero-order chi connectivity index (χ0) is 14.0. The number of hydrogen-bond donors (Lipinski definition) is 0. The number of benzene rings is 1. The van der Waals surface area contributed by atoms with Crippen molar-refractivity contribution in [3.8, 4) is 0 Å². The van der Waals surface area contributed by atoms with Gasteiger partial charge in [-0.15, -0.1) is 0 Å². The van der Waals surface area contributed by atoms with E-state index in [0.717, 1.165) is 6.42 Å². The molecule has 0 atom stereocenters. The number of aromatic nitrogens is 2. The minimum Gasteiger partial charge on any atom is -0.268 e. The lowest BCUT2D eigenvalue weighted by molar-refractivity contribution is 0.590. The third kappa shape index (κ3) is 3.16. The molecular weight excluding hydrogens is 284 g/mol. The van der Waals surface area contributed by atoms with E-state index in [1.165, 1.54) is 5.56 Å². The van der Waals surface area contributed by atoms with Crippen LogP contribution in [0.4, 0.5) is 0 Å². The highest BCUT2D eigenvalue weighted by Crippen LogP contribution is 2.23. The molecule has 0 aliphatic rings. The van der Waals surface area contributed by atoms with E-state index in [1.54, 1.807) is 18.5 Å². The predicted octanol–water partition coefficient (Wildman–Crippen LogP) is 2.67. The van der Waals surface area contributed by atoms with Gasteiger partial charge < -0.3 is 0 Å². The Hall–Kier alpha value is -1.33. The summed E-state index contributed by atoms with van der Waals surface area (Å²) >= 11 is 0. The van der Waals surface area contributed by atoms with Crippen LogP contribution in [0.1, 0.15) is 17.0 Å². The number of hydrogen-bond acceptors (Lipinski definition) is 3. The fraction of sp³-hybridized carbons (Fsp3) is 0.308. The first-order valence-electron chi connectivity index (χ1n) is 5.92. The highest BCUT2D eigenvalue weighted by atomic mass is 35.7. The maximum atomic E-state index is 11.5. The molecule has 6 heteroatoms. The van der Waals surface area contributed by atoms with Crippen LogP contribution in [0.3, 0.4) is 0 Å². The fourth-order valence-corrected chi connectivity index (χ4v) is 3.65. The first kappa shape index (κ1) is 14.1. The van der Waals surface area contributed by atoms with Crippen LogP contribution in [-0.2, 0) is 22.0 Å². The highest BCUT2D eigenvalue weighted by Gasteiger charge is 2.22. The number of aryl methyl sites for hydroxylation is 3. The first-order chi connectivity index (χ1) is 8.89. The molecule has 0 unspecified atom stereocenters. The maximum absolute atomic E-state index is 11.5. The Morgan fingerprint density at radius 1 is 1.21 bits per heavy atom. The third-order valence-electron chi connectivity index (χ3n) is 3.01. The molecule has 0 N–H and O–H groups in total. The summed E-state index contributed by atoms with van der Waals surface area (Å²) in [5.74, 6) is 0. The number of halogens is 1. The second-order valence-electron chi connectivity index (χ2n) is 4.40. The van der Waals surface area contributed by atoms with Gasteiger partial charge in [0.1, 0.15) is 4.90 Å². The van der Waals surface area contributed by atoms with Crippen LogP contribution in [0.25, 0.3) is 0 Å². The van der Waals surface area contributed by atoms with Gasteiger partial charge in [-0.3, -0.25) is 4.68 Å². The second-order valence-corrected chi connectivity index (χ2v) is 6.90. The van der Waals surface area contributed by atoms with Crippen molar-refractivity contribution in [2.45, 2.75) is 31.7 Å². The van der Waals surface area contributed by atoms with Crippen molar-refractivity contribution >= 4 is 19.7 Å². The summed E-state index contributed by atoms with van der Waals surface area (Å²) in [6.07, 6.45) is 0.796. The van der Waals surface area contributed by atoms with Gasteiger partial charge in [0.15, 0.2) is 0 Å². The SMILES string of the molecule is Cc1nn(CCc2ccccc2)c(C)c1S(=O)(=O)Cl. The van der Waals surface area contributed by atoms with E-state index in [4.69, 9.17) is 10.7 Å². The molecule has 0 aliphatic heterocycles. The van der Waals surface area contributed by atoms with Crippen molar-refractivity contribution in [1.29, 1.82) is 0 Å². The minimum absolute atomic E-state index is 0.127. The molecule has 2 rings (SSSR count). The van der Waals surface area contributed by atoms with Gasteiger partial charge in [0.2, 0.25) is 0 Å². The van der Waals surface area contributed by atoms with E-state index in [9.17, 15) is 8.42 Å². The van der Waals surface area contributed by atoms with Gasteiger partial charge in [0.05, 0.1) is 11.4 Å². The Kier molecular flexibility index (Phi) is 3.96. The standard InChI is InChI=1S/C13H15ClN2O2S/c1-10-13(19(14,17)18)11(2)16(15-10)9-8-12-6-4-3-5-7-12/h3-7H,8-9H2,1-2H3. The average molecular weight is 299 g/mol. The van der Waals surface area contributed by atoms with E-state index in [2.05, 4.69) is 5.10 Å². The molecule has 0 fully saturated rings. The van der Waals surface area contributed by atoms with Gasteiger partial charge in [0.25, 0.3) is 9.05 Å². The van der Waals surface area contributed by atoms with E-state index >= 15 is 0 Å². The van der Waals surface area contributed by atoms with Gasteiger partial charge in [-0.05, 0) is 25.8 Å². The van der Waals surface area contributed by atoms with Crippen LogP contribution >= 0.6 is 10.7 Å². The van der Waals surface area contributed by atoms with E-state index in [-0.39, 0.29) is 4.90 Å². The maximum Gasteiger partial charge on any atom is 0.264 e. The van der Waals surface area contributed by atoms with Crippen molar-refractivity contribution in [3.05, 3.63) is 47.3 Å². The van der Waals surface area contributed by atoms with Crippen LogP contribution in [0, 0.1) is 13.8 Å². The lowest BCUT2D eigenvalue weighted by Gasteiger charge is -2.04. The minimum atomic E-state index is -3.74. The zero-order valence-corrected chi connectivity index (χ0v) is 12.4. The van der Waals surface area contributed by atoms with Crippen molar-refractivity contribution in [2.75, 3.05) is 0 Å². The molecule has 1 heterocycles. The van der Waals surface area contributed by atoms with E-state index in [1.807, 2.05) is 30.3 Å². The molecule has 0 saturated carbocycles. The fourth-order valence-electron chi connectivity index (χ4n) is 2.13. The van der Waals surface area contributed by atoms with Crippen molar-refractivity contribution < 1.29 is 8.42 Å². The normalized spacial score (nSPS) is 11.7. The molecule has 19 heavy (non-hydrogen) atoms. The summed E-state index contributed by atoms with van der Waals surface area (Å²) in [6, 6.07) is 9.98. The number of rotatable bonds is 4. The van der Waals surface area contributed by atoms with Crippen molar-refractivity contribution in [1.82, 2.24) is 9.78 Å². The first-order valence-corrected chi connectivity index (χ1v) is 8.23. The summed E-state index contributed by atoms with van der Waals surface area (Å²) in [5, 5.41) is 4.24.